The maximum atomic E-state index is 5.48. The molecule has 1 heterocycles. The average Bonchev–Trinajstić information content (AvgIpc) is 2.81. The molecular formula is C16H23N3O2. The van der Waals surface area contributed by atoms with Crippen LogP contribution in [-0.4, -0.2) is 31.0 Å². The summed E-state index contributed by atoms with van der Waals surface area (Å²) in [5, 5.41) is 7.75. The molecule has 114 valence electrons. The van der Waals surface area contributed by atoms with Gasteiger partial charge >= 0.3 is 0 Å². The van der Waals surface area contributed by atoms with Crippen molar-refractivity contribution in [3.8, 4) is 11.5 Å². The average molecular weight is 289 g/mol. The molecule has 2 aromatic rings. The lowest BCUT2D eigenvalue weighted by molar-refractivity contribution is 0.390. The number of likely N-dealkylation sites (N-methyl/N-ethyl adjacent to an activating group) is 1. The van der Waals surface area contributed by atoms with E-state index in [0.717, 1.165) is 29.2 Å². The zero-order valence-corrected chi connectivity index (χ0v) is 13.3. The Labute approximate surface area is 125 Å². The smallest absolute Gasteiger partial charge is 0.123 e. The van der Waals surface area contributed by atoms with Gasteiger partial charge in [-0.25, -0.2) is 0 Å². The Balaban J connectivity index is 2.34. The third-order valence-electron chi connectivity index (χ3n) is 3.67. The van der Waals surface area contributed by atoms with E-state index in [2.05, 4.69) is 16.5 Å². The van der Waals surface area contributed by atoms with Gasteiger partial charge < -0.3 is 14.8 Å². The third kappa shape index (κ3) is 3.36. The van der Waals surface area contributed by atoms with Gasteiger partial charge in [-0.05, 0) is 38.2 Å². The first-order valence-electron chi connectivity index (χ1n) is 6.97. The highest BCUT2D eigenvalue weighted by molar-refractivity contribution is 5.42. The summed E-state index contributed by atoms with van der Waals surface area (Å²) < 4.78 is 12.7. The molecule has 1 aromatic carbocycles. The summed E-state index contributed by atoms with van der Waals surface area (Å²) in [5.74, 6) is 1.68. The normalized spacial score (nSPS) is 12.2. The molecule has 1 atom stereocenters. The van der Waals surface area contributed by atoms with Crippen molar-refractivity contribution in [3.63, 3.8) is 0 Å². The Kier molecular flexibility index (Phi) is 4.85. The molecule has 5 heteroatoms. The predicted octanol–water partition coefficient (Wildman–Crippen LogP) is 2.25. The van der Waals surface area contributed by atoms with Crippen molar-refractivity contribution in [1.29, 1.82) is 0 Å². The predicted molar refractivity (Wildman–Crippen MR) is 83.0 cm³/mol. The van der Waals surface area contributed by atoms with Crippen LogP contribution >= 0.6 is 0 Å². The number of benzene rings is 1. The molecule has 0 radical (unpaired) electrons. The molecule has 21 heavy (non-hydrogen) atoms. The van der Waals surface area contributed by atoms with E-state index in [1.165, 1.54) is 5.69 Å². The van der Waals surface area contributed by atoms with Crippen LogP contribution < -0.4 is 14.8 Å². The summed E-state index contributed by atoms with van der Waals surface area (Å²) >= 11 is 0. The molecule has 0 spiro atoms. The molecule has 5 nitrogen and oxygen atoms in total. The van der Waals surface area contributed by atoms with Crippen molar-refractivity contribution in [1.82, 2.24) is 15.1 Å². The molecule has 1 unspecified atom stereocenters. The lowest BCUT2D eigenvalue weighted by Crippen LogP contribution is -2.21. The fourth-order valence-corrected chi connectivity index (χ4v) is 2.54. The molecule has 0 aliphatic rings. The van der Waals surface area contributed by atoms with Crippen LogP contribution in [0.25, 0.3) is 0 Å². The van der Waals surface area contributed by atoms with Gasteiger partial charge in [0.15, 0.2) is 0 Å². The monoisotopic (exact) mass is 289 g/mol. The van der Waals surface area contributed by atoms with E-state index >= 15 is 0 Å². The first-order chi connectivity index (χ1) is 10.1. The molecule has 0 saturated carbocycles. The second kappa shape index (κ2) is 6.63. The van der Waals surface area contributed by atoms with E-state index < -0.39 is 0 Å². The Morgan fingerprint density at radius 3 is 2.52 bits per heavy atom. The van der Waals surface area contributed by atoms with E-state index in [1.54, 1.807) is 14.2 Å². The van der Waals surface area contributed by atoms with Gasteiger partial charge in [0.1, 0.15) is 11.5 Å². The summed E-state index contributed by atoms with van der Waals surface area (Å²) in [6.45, 7) is 2.00. The topological polar surface area (TPSA) is 48.3 Å². The molecule has 1 aromatic heterocycles. The number of nitrogens with zero attached hydrogens (tertiary/aromatic N) is 2. The van der Waals surface area contributed by atoms with Gasteiger partial charge in [0.05, 0.1) is 19.9 Å². The number of aryl methyl sites for hydroxylation is 2. The molecule has 0 bridgehead atoms. The molecule has 2 rings (SSSR count). The van der Waals surface area contributed by atoms with Gasteiger partial charge in [-0.2, -0.15) is 5.10 Å². The van der Waals surface area contributed by atoms with E-state index in [1.807, 2.05) is 43.9 Å². The summed E-state index contributed by atoms with van der Waals surface area (Å²) in [6.07, 6.45) is 0.831. The maximum Gasteiger partial charge on any atom is 0.123 e. The molecule has 0 saturated heterocycles. The largest absolute Gasteiger partial charge is 0.497 e. The van der Waals surface area contributed by atoms with Crippen LogP contribution in [0.5, 0.6) is 11.5 Å². The minimum atomic E-state index is 0.129. The van der Waals surface area contributed by atoms with Gasteiger partial charge in [0, 0.05) is 30.8 Å². The molecule has 0 fully saturated rings. The number of hydrogen-bond acceptors (Lipinski definition) is 4. The Bertz CT molecular complexity index is 608. The van der Waals surface area contributed by atoms with Crippen molar-refractivity contribution in [2.75, 3.05) is 21.3 Å². The van der Waals surface area contributed by atoms with E-state index in [9.17, 15) is 0 Å². The highest BCUT2D eigenvalue weighted by atomic mass is 16.5. The van der Waals surface area contributed by atoms with Crippen molar-refractivity contribution < 1.29 is 9.47 Å². The van der Waals surface area contributed by atoms with E-state index in [-0.39, 0.29) is 6.04 Å². The van der Waals surface area contributed by atoms with Crippen molar-refractivity contribution in [3.05, 3.63) is 41.2 Å². The van der Waals surface area contributed by atoms with Crippen LogP contribution in [0, 0.1) is 6.92 Å². The minimum Gasteiger partial charge on any atom is -0.497 e. The molecule has 0 aliphatic heterocycles. The highest BCUT2D eigenvalue weighted by Crippen LogP contribution is 2.31. The molecular weight excluding hydrogens is 266 g/mol. The highest BCUT2D eigenvalue weighted by Gasteiger charge is 2.18. The zero-order chi connectivity index (χ0) is 15.4. The zero-order valence-electron chi connectivity index (χ0n) is 13.3. The SMILES string of the molecule is CNC(Cc1cc(C)nn1C)c1cc(OC)ccc1OC. The fraction of sp³-hybridized carbons (Fsp3) is 0.438. The summed E-state index contributed by atoms with van der Waals surface area (Å²) in [5.41, 5.74) is 3.29. The maximum absolute atomic E-state index is 5.48. The van der Waals surface area contributed by atoms with Gasteiger partial charge in [0.2, 0.25) is 0 Å². The Morgan fingerprint density at radius 2 is 2.00 bits per heavy atom. The van der Waals surface area contributed by atoms with Crippen LogP contribution in [0.4, 0.5) is 0 Å². The molecule has 0 amide bonds. The number of nitrogens with one attached hydrogen (secondary N) is 1. The van der Waals surface area contributed by atoms with Crippen LogP contribution in [0.1, 0.15) is 23.0 Å². The third-order valence-corrected chi connectivity index (χ3v) is 3.67. The van der Waals surface area contributed by atoms with E-state index in [4.69, 9.17) is 9.47 Å². The number of rotatable bonds is 6. The van der Waals surface area contributed by atoms with Gasteiger partial charge in [-0.15, -0.1) is 0 Å². The summed E-state index contributed by atoms with van der Waals surface area (Å²) in [4.78, 5) is 0. The Hall–Kier alpha value is -2.01. The fourth-order valence-electron chi connectivity index (χ4n) is 2.54. The van der Waals surface area contributed by atoms with Crippen molar-refractivity contribution in [2.45, 2.75) is 19.4 Å². The second-order valence-corrected chi connectivity index (χ2v) is 5.05. The lowest BCUT2D eigenvalue weighted by Gasteiger charge is -2.20. The standard InChI is InChI=1S/C16H23N3O2/c1-11-8-12(19(3)18-11)9-15(17-2)14-10-13(20-4)6-7-16(14)21-5/h6-8,10,15,17H,9H2,1-5H3. The second-order valence-electron chi connectivity index (χ2n) is 5.05. The van der Waals surface area contributed by atoms with Crippen molar-refractivity contribution in [2.24, 2.45) is 7.05 Å². The summed E-state index contributed by atoms with van der Waals surface area (Å²) in [7, 11) is 7.28. The van der Waals surface area contributed by atoms with Gasteiger partial charge in [-0.3, -0.25) is 4.68 Å². The van der Waals surface area contributed by atoms with Gasteiger partial charge in [0.25, 0.3) is 0 Å². The quantitative estimate of drug-likeness (QED) is 0.886. The number of ether oxygens (including phenoxy) is 2. The van der Waals surface area contributed by atoms with Crippen LogP contribution in [0.15, 0.2) is 24.3 Å². The number of aromatic nitrogens is 2. The number of methoxy groups -OCH3 is 2. The van der Waals surface area contributed by atoms with Crippen LogP contribution in [0.3, 0.4) is 0 Å². The van der Waals surface area contributed by atoms with Gasteiger partial charge in [-0.1, -0.05) is 0 Å². The number of hydrogen-bond donors (Lipinski definition) is 1. The summed E-state index contributed by atoms with van der Waals surface area (Å²) in [6, 6.07) is 8.10. The van der Waals surface area contributed by atoms with Crippen LogP contribution in [0.2, 0.25) is 0 Å². The van der Waals surface area contributed by atoms with Crippen LogP contribution in [-0.2, 0) is 13.5 Å². The minimum absolute atomic E-state index is 0.129. The Morgan fingerprint density at radius 1 is 1.24 bits per heavy atom. The lowest BCUT2D eigenvalue weighted by atomic mass is 10.0. The van der Waals surface area contributed by atoms with E-state index in [0.29, 0.717) is 0 Å². The first-order valence-corrected chi connectivity index (χ1v) is 6.97. The first kappa shape index (κ1) is 15.4. The molecule has 0 aliphatic carbocycles. The van der Waals surface area contributed by atoms with Crippen molar-refractivity contribution >= 4 is 0 Å². The molecule has 1 N–H and O–H groups in total.